The Balaban J connectivity index is 2.32. The van der Waals surface area contributed by atoms with Crippen LogP contribution < -0.4 is 16.6 Å². The van der Waals surface area contributed by atoms with Crippen molar-refractivity contribution in [3.8, 4) is 0 Å². The summed E-state index contributed by atoms with van der Waals surface area (Å²) in [4.78, 5) is 16.6. The van der Waals surface area contributed by atoms with Gasteiger partial charge in [0, 0.05) is 16.9 Å². The first kappa shape index (κ1) is 15.0. The molecular weight excluding hydrogens is 264 g/mol. The molecule has 0 unspecified atom stereocenters. The molecule has 0 aliphatic rings. The molecule has 2 rings (SSSR count). The highest BCUT2D eigenvalue weighted by molar-refractivity contribution is 6.05. The number of aromatic nitrogens is 1. The van der Waals surface area contributed by atoms with Crippen molar-refractivity contribution in [3.63, 3.8) is 0 Å². The summed E-state index contributed by atoms with van der Waals surface area (Å²) >= 11 is 0. The number of carbonyl (C=O) groups excluding carboxylic acids is 1. The number of aryl methyl sites for hydroxylation is 3. The van der Waals surface area contributed by atoms with E-state index in [1.165, 1.54) is 0 Å². The van der Waals surface area contributed by atoms with Crippen molar-refractivity contribution in [2.24, 2.45) is 5.84 Å². The van der Waals surface area contributed by atoms with Gasteiger partial charge in [0.15, 0.2) is 0 Å². The van der Waals surface area contributed by atoms with E-state index >= 15 is 0 Å². The lowest BCUT2D eigenvalue weighted by Crippen LogP contribution is -2.16. The molecule has 0 spiro atoms. The van der Waals surface area contributed by atoms with Gasteiger partial charge in [-0.2, -0.15) is 0 Å². The van der Waals surface area contributed by atoms with E-state index in [2.05, 4.69) is 22.7 Å². The van der Waals surface area contributed by atoms with Gasteiger partial charge in [-0.3, -0.25) is 4.79 Å². The van der Waals surface area contributed by atoms with Gasteiger partial charge in [0.05, 0.1) is 0 Å². The summed E-state index contributed by atoms with van der Waals surface area (Å²) in [6.07, 6.45) is 0.863. The Kier molecular flexibility index (Phi) is 4.55. The van der Waals surface area contributed by atoms with Crippen LogP contribution in [0.4, 0.5) is 11.5 Å². The molecule has 5 nitrogen and oxygen atoms in total. The molecule has 0 aliphatic heterocycles. The number of amides is 1. The molecule has 0 saturated carbocycles. The number of nitrogen functional groups attached to an aromatic ring is 1. The number of anilines is 2. The van der Waals surface area contributed by atoms with Crippen molar-refractivity contribution in [1.29, 1.82) is 0 Å². The normalized spacial score (nSPS) is 10.3. The minimum absolute atomic E-state index is 0.166. The van der Waals surface area contributed by atoms with Gasteiger partial charge in [0.2, 0.25) is 0 Å². The molecule has 0 saturated heterocycles. The van der Waals surface area contributed by atoms with Gasteiger partial charge < -0.3 is 10.7 Å². The van der Waals surface area contributed by atoms with Crippen LogP contribution in [0.15, 0.2) is 30.3 Å². The smallest absolute Gasteiger partial charge is 0.255 e. The summed E-state index contributed by atoms with van der Waals surface area (Å²) in [7, 11) is 0. The number of carbonyl (C=O) groups is 1. The number of pyridine rings is 1. The van der Waals surface area contributed by atoms with E-state index in [1.807, 2.05) is 32.0 Å². The van der Waals surface area contributed by atoms with Crippen LogP contribution >= 0.6 is 0 Å². The number of nitrogens with two attached hydrogens (primary N) is 1. The van der Waals surface area contributed by atoms with Crippen LogP contribution in [0.1, 0.15) is 34.1 Å². The summed E-state index contributed by atoms with van der Waals surface area (Å²) in [5, 5.41) is 2.99. The maximum Gasteiger partial charge on any atom is 0.255 e. The summed E-state index contributed by atoms with van der Waals surface area (Å²) in [6.45, 7) is 5.87. The molecule has 0 radical (unpaired) electrons. The first-order chi connectivity index (χ1) is 10.0. The first-order valence-electron chi connectivity index (χ1n) is 6.90. The molecule has 5 heteroatoms. The molecule has 2 aromatic rings. The second-order valence-corrected chi connectivity index (χ2v) is 4.94. The minimum Gasteiger partial charge on any atom is -0.321 e. The molecule has 1 amide bonds. The van der Waals surface area contributed by atoms with Crippen molar-refractivity contribution in [3.05, 3.63) is 52.7 Å². The first-order valence-corrected chi connectivity index (χ1v) is 6.90. The van der Waals surface area contributed by atoms with Crippen molar-refractivity contribution < 1.29 is 4.79 Å². The molecule has 0 aliphatic carbocycles. The largest absolute Gasteiger partial charge is 0.321 e. The van der Waals surface area contributed by atoms with E-state index in [0.29, 0.717) is 11.4 Å². The third kappa shape index (κ3) is 3.38. The highest BCUT2D eigenvalue weighted by Gasteiger charge is 2.12. The zero-order chi connectivity index (χ0) is 15.4. The van der Waals surface area contributed by atoms with E-state index in [0.717, 1.165) is 28.9 Å². The van der Waals surface area contributed by atoms with Gasteiger partial charge in [-0.1, -0.05) is 25.1 Å². The van der Waals surface area contributed by atoms with Crippen LogP contribution in [-0.2, 0) is 6.42 Å². The predicted molar refractivity (Wildman–Crippen MR) is 85.3 cm³/mol. The lowest BCUT2D eigenvalue weighted by molar-refractivity contribution is 0.102. The number of para-hydroxylation sites is 1. The highest BCUT2D eigenvalue weighted by Crippen LogP contribution is 2.22. The number of benzene rings is 1. The lowest BCUT2D eigenvalue weighted by atomic mass is 10.1. The van der Waals surface area contributed by atoms with E-state index < -0.39 is 0 Å². The number of rotatable bonds is 4. The third-order valence-electron chi connectivity index (χ3n) is 3.34. The van der Waals surface area contributed by atoms with Crippen LogP contribution in [0, 0.1) is 13.8 Å². The fourth-order valence-corrected chi connectivity index (χ4v) is 2.26. The average Bonchev–Trinajstić information content (AvgIpc) is 2.48. The van der Waals surface area contributed by atoms with Gasteiger partial charge in [0.1, 0.15) is 5.82 Å². The van der Waals surface area contributed by atoms with Crippen molar-refractivity contribution >= 4 is 17.4 Å². The van der Waals surface area contributed by atoms with Gasteiger partial charge >= 0.3 is 0 Å². The minimum atomic E-state index is -0.166. The van der Waals surface area contributed by atoms with Gasteiger partial charge in [-0.05, 0) is 43.5 Å². The number of hydrogen-bond acceptors (Lipinski definition) is 4. The maximum absolute atomic E-state index is 12.4. The zero-order valence-electron chi connectivity index (χ0n) is 12.5. The Morgan fingerprint density at radius 1 is 1.29 bits per heavy atom. The predicted octanol–water partition coefficient (Wildman–Crippen LogP) is 2.80. The van der Waals surface area contributed by atoms with E-state index in [4.69, 9.17) is 5.84 Å². The van der Waals surface area contributed by atoms with E-state index in [1.54, 1.807) is 12.1 Å². The lowest BCUT2D eigenvalue weighted by Gasteiger charge is -2.13. The fourth-order valence-electron chi connectivity index (χ4n) is 2.26. The SMILES string of the molecule is CCc1cccc(C)c1NC(=O)c1cc(C)nc(NN)c1. The summed E-state index contributed by atoms with van der Waals surface area (Å²) < 4.78 is 0. The molecule has 110 valence electrons. The Labute approximate surface area is 124 Å². The quantitative estimate of drug-likeness (QED) is 0.596. The second kappa shape index (κ2) is 6.37. The van der Waals surface area contributed by atoms with Crippen LogP contribution in [0.5, 0.6) is 0 Å². The second-order valence-electron chi connectivity index (χ2n) is 4.94. The topological polar surface area (TPSA) is 80.0 Å². The van der Waals surface area contributed by atoms with E-state index in [9.17, 15) is 4.79 Å². The maximum atomic E-state index is 12.4. The van der Waals surface area contributed by atoms with Crippen LogP contribution in [0.2, 0.25) is 0 Å². The average molecular weight is 284 g/mol. The molecule has 21 heavy (non-hydrogen) atoms. The molecule has 1 heterocycles. The summed E-state index contributed by atoms with van der Waals surface area (Å²) in [6, 6.07) is 9.37. The number of nitrogens with zero attached hydrogens (tertiary/aromatic N) is 1. The van der Waals surface area contributed by atoms with Crippen molar-refractivity contribution in [1.82, 2.24) is 4.98 Å². The van der Waals surface area contributed by atoms with Crippen LogP contribution in [-0.4, -0.2) is 10.9 Å². The summed E-state index contributed by atoms with van der Waals surface area (Å²) in [5.74, 6) is 5.67. The molecule has 4 N–H and O–H groups in total. The molecule has 1 aromatic carbocycles. The molecule has 1 aromatic heterocycles. The Morgan fingerprint density at radius 3 is 2.71 bits per heavy atom. The highest BCUT2D eigenvalue weighted by atomic mass is 16.1. The molecule has 0 fully saturated rings. The summed E-state index contributed by atoms with van der Waals surface area (Å²) in [5.41, 5.74) is 6.77. The fraction of sp³-hybridized carbons (Fsp3) is 0.250. The van der Waals surface area contributed by atoms with Crippen LogP contribution in [0.3, 0.4) is 0 Å². The molecule has 0 bridgehead atoms. The standard InChI is InChI=1S/C16H20N4O/c1-4-12-7-5-6-10(2)15(12)19-16(21)13-8-11(3)18-14(9-13)20-17/h5-9H,4,17H2,1-3H3,(H,18,20)(H,19,21). The zero-order valence-corrected chi connectivity index (χ0v) is 12.5. The Morgan fingerprint density at radius 2 is 2.05 bits per heavy atom. The number of hydrazine groups is 1. The van der Waals surface area contributed by atoms with Gasteiger partial charge in [-0.25, -0.2) is 10.8 Å². The molecular formula is C16H20N4O. The Hall–Kier alpha value is -2.40. The van der Waals surface area contributed by atoms with E-state index in [-0.39, 0.29) is 5.91 Å². The van der Waals surface area contributed by atoms with Gasteiger partial charge in [-0.15, -0.1) is 0 Å². The van der Waals surface area contributed by atoms with Crippen LogP contribution in [0.25, 0.3) is 0 Å². The van der Waals surface area contributed by atoms with Crippen molar-refractivity contribution in [2.75, 3.05) is 10.7 Å². The monoisotopic (exact) mass is 284 g/mol. The third-order valence-corrected chi connectivity index (χ3v) is 3.34. The molecule has 0 atom stereocenters. The Bertz CT molecular complexity index is 667. The number of hydrogen-bond donors (Lipinski definition) is 3. The van der Waals surface area contributed by atoms with Gasteiger partial charge in [0.25, 0.3) is 5.91 Å². The number of nitrogens with one attached hydrogen (secondary N) is 2. The van der Waals surface area contributed by atoms with Crippen molar-refractivity contribution in [2.45, 2.75) is 27.2 Å².